The third-order valence-electron chi connectivity index (χ3n) is 2.35. The van der Waals surface area contributed by atoms with Crippen LogP contribution in [0.5, 0.6) is 0 Å². The van der Waals surface area contributed by atoms with Crippen molar-refractivity contribution in [3.8, 4) is 0 Å². The van der Waals surface area contributed by atoms with E-state index >= 15 is 0 Å². The number of benzene rings is 1. The van der Waals surface area contributed by atoms with Gasteiger partial charge in [0.2, 0.25) is 0 Å². The summed E-state index contributed by atoms with van der Waals surface area (Å²) in [5.41, 5.74) is -0.878. The van der Waals surface area contributed by atoms with Gasteiger partial charge < -0.3 is 9.84 Å². The summed E-state index contributed by atoms with van der Waals surface area (Å²) in [7, 11) is 0. The Labute approximate surface area is 116 Å². The second-order valence-electron chi connectivity index (χ2n) is 3.76. The molecule has 1 N–H and O–H groups in total. The van der Waals surface area contributed by atoms with Gasteiger partial charge in [-0.05, 0) is 24.6 Å². The summed E-state index contributed by atoms with van der Waals surface area (Å²) in [6, 6.07) is 3.32. The van der Waals surface area contributed by atoms with Crippen molar-refractivity contribution >= 4 is 21.9 Å². The number of alkyl halides is 3. The molecule has 1 atom stereocenters. The van der Waals surface area contributed by atoms with Crippen LogP contribution in [0.15, 0.2) is 22.7 Å². The molecule has 0 aromatic heterocycles. The highest BCUT2D eigenvalue weighted by atomic mass is 79.9. The first-order valence-electron chi connectivity index (χ1n) is 5.46. The van der Waals surface area contributed by atoms with E-state index in [9.17, 15) is 23.1 Å². The fourth-order valence-electron chi connectivity index (χ4n) is 1.46. The Morgan fingerprint density at radius 2 is 2.11 bits per heavy atom. The zero-order chi connectivity index (χ0) is 14.6. The van der Waals surface area contributed by atoms with Crippen molar-refractivity contribution in [3.63, 3.8) is 0 Å². The average molecular weight is 341 g/mol. The van der Waals surface area contributed by atoms with E-state index in [1.54, 1.807) is 6.92 Å². The van der Waals surface area contributed by atoms with E-state index in [-0.39, 0.29) is 23.1 Å². The Hall–Kier alpha value is -1.08. The van der Waals surface area contributed by atoms with Gasteiger partial charge in [-0.25, -0.2) is 0 Å². The zero-order valence-corrected chi connectivity index (χ0v) is 11.6. The number of aliphatic hydroxyl groups is 1. The molecule has 0 spiro atoms. The van der Waals surface area contributed by atoms with Gasteiger partial charge in [-0.1, -0.05) is 22.0 Å². The van der Waals surface area contributed by atoms with E-state index in [4.69, 9.17) is 0 Å². The van der Waals surface area contributed by atoms with Crippen LogP contribution in [-0.2, 0) is 15.7 Å². The molecule has 3 nitrogen and oxygen atoms in total. The van der Waals surface area contributed by atoms with Crippen LogP contribution >= 0.6 is 15.9 Å². The molecule has 106 valence electrons. The number of aliphatic hydroxyl groups excluding tert-OH is 1. The molecule has 0 aliphatic carbocycles. The normalized spacial score (nSPS) is 13.2. The van der Waals surface area contributed by atoms with Gasteiger partial charge >= 0.3 is 12.1 Å². The van der Waals surface area contributed by atoms with Gasteiger partial charge in [-0.3, -0.25) is 4.79 Å². The number of halogens is 4. The van der Waals surface area contributed by atoms with Crippen molar-refractivity contribution in [3.05, 3.63) is 33.8 Å². The molecule has 0 radical (unpaired) electrons. The Bertz CT molecular complexity index is 460. The molecule has 0 heterocycles. The molecule has 0 aliphatic heterocycles. The number of carbonyl (C=O) groups is 1. The third kappa shape index (κ3) is 4.50. The predicted molar refractivity (Wildman–Crippen MR) is 65.4 cm³/mol. The number of ether oxygens (including phenoxy) is 1. The molecule has 1 aromatic rings. The molecule has 7 heteroatoms. The predicted octanol–water partition coefficient (Wildman–Crippen LogP) is 3.45. The standard InChI is InChI=1S/C12H12BrF3O3/c1-2-19-11(18)6-10(17)7-3-4-9(13)8(5-7)12(14,15)16/h3-5,10,17H,2,6H2,1H3. The quantitative estimate of drug-likeness (QED) is 0.854. The van der Waals surface area contributed by atoms with E-state index in [1.165, 1.54) is 12.1 Å². The number of carbonyl (C=O) groups excluding carboxylic acids is 1. The maximum Gasteiger partial charge on any atom is 0.417 e. The minimum Gasteiger partial charge on any atom is -0.466 e. The fraction of sp³-hybridized carbons (Fsp3) is 0.417. The highest BCUT2D eigenvalue weighted by molar-refractivity contribution is 9.10. The summed E-state index contributed by atoms with van der Waals surface area (Å²) in [6.07, 6.45) is -6.24. The minimum absolute atomic E-state index is 0.0172. The van der Waals surface area contributed by atoms with Crippen LogP contribution in [0.4, 0.5) is 13.2 Å². The fourth-order valence-corrected chi connectivity index (χ4v) is 1.93. The highest BCUT2D eigenvalue weighted by Crippen LogP contribution is 2.36. The smallest absolute Gasteiger partial charge is 0.417 e. The summed E-state index contributed by atoms with van der Waals surface area (Å²) < 4.78 is 42.5. The molecule has 0 saturated carbocycles. The Balaban J connectivity index is 2.93. The third-order valence-corrected chi connectivity index (χ3v) is 3.04. The lowest BCUT2D eigenvalue weighted by atomic mass is 10.0. The zero-order valence-electron chi connectivity index (χ0n) is 10.00. The van der Waals surface area contributed by atoms with E-state index in [0.717, 1.165) is 6.07 Å². The molecule has 1 aromatic carbocycles. The largest absolute Gasteiger partial charge is 0.466 e. The summed E-state index contributed by atoms with van der Waals surface area (Å²) in [6.45, 7) is 1.76. The lowest BCUT2D eigenvalue weighted by Crippen LogP contribution is -2.12. The maximum absolute atomic E-state index is 12.7. The second-order valence-corrected chi connectivity index (χ2v) is 4.62. The lowest BCUT2D eigenvalue weighted by Gasteiger charge is -2.14. The van der Waals surface area contributed by atoms with Crippen LogP contribution in [0.3, 0.4) is 0 Å². The molecule has 0 saturated heterocycles. The average Bonchev–Trinajstić information content (AvgIpc) is 2.27. The summed E-state index contributed by atoms with van der Waals surface area (Å²) in [5, 5.41) is 9.72. The topological polar surface area (TPSA) is 46.5 Å². The minimum atomic E-state index is -4.53. The first-order valence-corrected chi connectivity index (χ1v) is 6.25. The summed E-state index contributed by atoms with van der Waals surface area (Å²) in [5.74, 6) is -0.661. The van der Waals surface area contributed by atoms with Crippen LogP contribution in [0.2, 0.25) is 0 Å². The van der Waals surface area contributed by atoms with Crippen LogP contribution < -0.4 is 0 Å². The van der Waals surface area contributed by atoms with Gasteiger partial charge in [0.1, 0.15) is 0 Å². The van der Waals surface area contributed by atoms with Gasteiger partial charge in [-0.15, -0.1) is 0 Å². The monoisotopic (exact) mass is 340 g/mol. The molecule has 19 heavy (non-hydrogen) atoms. The molecule has 1 rings (SSSR count). The Kier molecular flexibility index (Phi) is 5.37. The maximum atomic E-state index is 12.7. The molecule has 0 bridgehead atoms. The van der Waals surface area contributed by atoms with Gasteiger partial charge in [-0.2, -0.15) is 13.2 Å². The molecular weight excluding hydrogens is 329 g/mol. The second kappa shape index (κ2) is 6.38. The number of esters is 1. The van der Waals surface area contributed by atoms with Crippen LogP contribution in [0.1, 0.15) is 30.6 Å². The molecule has 1 unspecified atom stereocenters. The van der Waals surface area contributed by atoms with Crippen molar-refractivity contribution in [1.82, 2.24) is 0 Å². The summed E-state index contributed by atoms with van der Waals surface area (Å²) >= 11 is 2.80. The Morgan fingerprint density at radius 1 is 1.47 bits per heavy atom. The molecular formula is C12H12BrF3O3. The van der Waals surface area contributed by atoms with E-state index < -0.39 is 23.8 Å². The first kappa shape index (κ1) is 16.0. The number of hydrogen-bond donors (Lipinski definition) is 1. The van der Waals surface area contributed by atoms with Crippen LogP contribution in [-0.4, -0.2) is 17.7 Å². The highest BCUT2D eigenvalue weighted by Gasteiger charge is 2.33. The first-order chi connectivity index (χ1) is 8.75. The van der Waals surface area contributed by atoms with Gasteiger partial charge in [0.25, 0.3) is 0 Å². The lowest BCUT2D eigenvalue weighted by molar-refractivity contribution is -0.145. The van der Waals surface area contributed by atoms with Crippen molar-refractivity contribution < 1.29 is 27.8 Å². The molecule has 0 amide bonds. The van der Waals surface area contributed by atoms with Crippen LogP contribution in [0.25, 0.3) is 0 Å². The Morgan fingerprint density at radius 3 is 2.63 bits per heavy atom. The van der Waals surface area contributed by atoms with E-state index in [2.05, 4.69) is 20.7 Å². The number of rotatable bonds is 4. The molecule has 0 aliphatic rings. The number of hydrogen-bond acceptors (Lipinski definition) is 3. The SMILES string of the molecule is CCOC(=O)CC(O)c1ccc(Br)c(C(F)(F)F)c1. The van der Waals surface area contributed by atoms with E-state index in [1.807, 2.05) is 0 Å². The molecule has 0 fully saturated rings. The van der Waals surface area contributed by atoms with Gasteiger partial charge in [0.05, 0.1) is 24.7 Å². The van der Waals surface area contributed by atoms with Gasteiger partial charge in [0, 0.05) is 4.47 Å². The van der Waals surface area contributed by atoms with Crippen molar-refractivity contribution in [1.29, 1.82) is 0 Å². The summed E-state index contributed by atoms with van der Waals surface area (Å²) in [4.78, 5) is 11.2. The van der Waals surface area contributed by atoms with Crippen molar-refractivity contribution in [2.24, 2.45) is 0 Å². The van der Waals surface area contributed by atoms with Crippen LogP contribution in [0, 0.1) is 0 Å². The van der Waals surface area contributed by atoms with Gasteiger partial charge in [0.15, 0.2) is 0 Å². The van der Waals surface area contributed by atoms with Crippen molar-refractivity contribution in [2.75, 3.05) is 6.61 Å². The van der Waals surface area contributed by atoms with E-state index in [0.29, 0.717) is 0 Å². The van der Waals surface area contributed by atoms with Crippen molar-refractivity contribution in [2.45, 2.75) is 25.6 Å².